The summed E-state index contributed by atoms with van der Waals surface area (Å²) in [6.45, 7) is 4.36. The Labute approximate surface area is 235 Å². The fourth-order valence-corrected chi connectivity index (χ4v) is 6.97. The van der Waals surface area contributed by atoms with Gasteiger partial charge in [0, 0.05) is 49.4 Å². The van der Waals surface area contributed by atoms with Gasteiger partial charge in [-0.3, -0.25) is 14.2 Å². The normalized spacial score (nSPS) is 16.6. The van der Waals surface area contributed by atoms with Gasteiger partial charge in [0.15, 0.2) is 11.6 Å². The number of hydrogen-bond acceptors (Lipinski definition) is 5. The summed E-state index contributed by atoms with van der Waals surface area (Å²) in [5.41, 5.74) is 0.890. The summed E-state index contributed by atoms with van der Waals surface area (Å²) < 4.78 is 51.7. The molecule has 0 bridgehead atoms. The zero-order valence-electron chi connectivity index (χ0n) is 22.6. The number of nitrogens with zero attached hydrogens (tertiary/aromatic N) is 2. The van der Waals surface area contributed by atoms with Crippen LogP contribution < -0.4 is 15.6 Å². The minimum atomic E-state index is -0.670. The molecule has 2 aliphatic rings. The van der Waals surface area contributed by atoms with E-state index in [0.29, 0.717) is 48.0 Å². The SMILES string of the molecule is COc1cccc(-c2c(C)c(Cc3c(F)cccc3F)c3n(c2=O)C(CNCCCN2CCCC2=O)CS3)c1F. The van der Waals surface area contributed by atoms with Crippen molar-refractivity contribution >= 4 is 17.7 Å². The molecular formula is C30H32F3N3O3S. The van der Waals surface area contributed by atoms with E-state index < -0.39 is 17.5 Å². The third-order valence-electron chi connectivity index (χ3n) is 7.72. The smallest absolute Gasteiger partial charge is 0.260 e. The summed E-state index contributed by atoms with van der Waals surface area (Å²) in [5, 5.41) is 4.05. The number of amides is 1. The van der Waals surface area contributed by atoms with E-state index in [1.165, 1.54) is 49.2 Å². The average Bonchev–Trinajstić information content (AvgIpc) is 3.55. The van der Waals surface area contributed by atoms with Crippen molar-refractivity contribution in [1.29, 1.82) is 0 Å². The highest BCUT2D eigenvalue weighted by atomic mass is 32.2. The number of fused-ring (bicyclic) bond motifs is 1. The average molecular weight is 572 g/mol. The second-order valence-corrected chi connectivity index (χ2v) is 11.2. The molecule has 5 rings (SSSR count). The van der Waals surface area contributed by atoms with E-state index in [2.05, 4.69) is 5.32 Å². The second-order valence-electron chi connectivity index (χ2n) is 10.2. The number of pyridine rings is 1. The highest BCUT2D eigenvalue weighted by Gasteiger charge is 2.32. The fourth-order valence-electron chi connectivity index (χ4n) is 5.59. The number of carbonyl (C=O) groups excluding carboxylic acids is 1. The topological polar surface area (TPSA) is 63.6 Å². The molecule has 1 aromatic heterocycles. The maximum Gasteiger partial charge on any atom is 0.260 e. The van der Waals surface area contributed by atoms with Crippen molar-refractivity contribution < 1.29 is 22.7 Å². The van der Waals surface area contributed by atoms with Crippen LogP contribution in [0.3, 0.4) is 0 Å². The van der Waals surface area contributed by atoms with E-state index in [0.717, 1.165) is 19.4 Å². The van der Waals surface area contributed by atoms with Gasteiger partial charge in [-0.15, -0.1) is 11.8 Å². The molecule has 3 aromatic rings. The van der Waals surface area contributed by atoms with Crippen LogP contribution >= 0.6 is 11.8 Å². The number of nitrogens with one attached hydrogen (secondary N) is 1. The monoisotopic (exact) mass is 571 g/mol. The molecule has 10 heteroatoms. The van der Waals surface area contributed by atoms with Crippen LogP contribution in [0.5, 0.6) is 5.75 Å². The van der Waals surface area contributed by atoms with Gasteiger partial charge in [0.1, 0.15) is 11.6 Å². The van der Waals surface area contributed by atoms with Crippen LogP contribution in [0.25, 0.3) is 11.1 Å². The Morgan fingerprint density at radius 1 is 1.07 bits per heavy atom. The van der Waals surface area contributed by atoms with Crippen molar-refractivity contribution in [2.75, 3.05) is 39.0 Å². The highest BCUT2D eigenvalue weighted by molar-refractivity contribution is 7.99. The fraction of sp³-hybridized carbons (Fsp3) is 0.400. The van der Waals surface area contributed by atoms with Gasteiger partial charge in [0.25, 0.3) is 5.56 Å². The van der Waals surface area contributed by atoms with Crippen molar-refractivity contribution in [2.45, 2.75) is 43.7 Å². The van der Waals surface area contributed by atoms with E-state index in [4.69, 9.17) is 4.74 Å². The molecule has 1 N–H and O–H groups in total. The first-order valence-corrected chi connectivity index (χ1v) is 14.4. The van der Waals surface area contributed by atoms with Crippen LogP contribution in [0.2, 0.25) is 0 Å². The molecule has 1 unspecified atom stereocenters. The Balaban J connectivity index is 1.50. The summed E-state index contributed by atoms with van der Waals surface area (Å²) in [4.78, 5) is 27.7. The number of aromatic nitrogens is 1. The molecule has 2 aliphatic heterocycles. The van der Waals surface area contributed by atoms with Gasteiger partial charge in [-0.25, -0.2) is 13.2 Å². The lowest BCUT2D eigenvalue weighted by molar-refractivity contribution is -0.127. The lowest BCUT2D eigenvalue weighted by atomic mass is 9.94. The quantitative estimate of drug-likeness (QED) is 0.344. The number of methoxy groups -OCH3 is 1. The number of likely N-dealkylation sites (tertiary alicyclic amines) is 1. The van der Waals surface area contributed by atoms with Crippen molar-refractivity contribution in [3.8, 4) is 16.9 Å². The summed E-state index contributed by atoms with van der Waals surface area (Å²) >= 11 is 1.47. The molecule has 1 amide bonds. The largest absolute Gasteiger partial charge is 0.494 e. The molecule has 1 fully saturated rings. The van der Waals surface area contributed by atoms with Gasteiger partial charge in [-0.1, -0.05) is 18.2 Å². The van der Waals surface area contributed by atoms with E-state index >= 15 is 4.39 Å². The van der Waals surface area contributed by atoms with Gasteiger partial charge < -0.3 is 15.0 Å². The Kier molecular flexibility index (Phi) is 8.56. The van der Waals surface area contributed by atoms with Crippen LogP contribution in [-0.2, 0) is 11.2 Å². The number of ether oxygens (including phenoxy) is 1. The second kappa shape index (κ2) is 12.1. The Hall–Kier alpha value is -3.24. The van der Waals surface area contributed by atoms with Gasteiger partial charge in [0.05, 0.1) is 23.7 Å². The van der Waals surface area contributed by atoms with Crippen molar-refractivity contribution in [1.82, 2.24) is 14.8 Å². The Bertz CT molecular complexity index is 1470. The molecule has 2 aromatic carbocycles. The van der Waals surface area contributed by atoms with Gasteiger partial charge in [0.2, 0.25) is 5.91 Å². The van der Waals surface area contributed by atoms with Crippen molar-refractivity contribution in [3.05, 3.63) is 80.9 Å². The summed E-state index contributed by atoms with van der Waals surface area (Å²) in [6.07, 6.45) is 2.23. The van der Waals surface area contributed by atoms with Crippen molar-refractivity contribution in [2.24, 2.45) is 0 Å². The predicted molar refractivity (Wildman–Crippen MR) is 150 cm³/mol. The Morgan fingerprint density at radius 2 is 1.82 bits per heavy atom. The molecule has 0 radical (unpaired) electrons. The van der Waals surface area contributed by atoms with Gasteiger partial charge in [-0.2, -0.15) is 0 Å². The van der Waals surface area contributed by atoms with E-state index in [1.54, 1.807) is 17.6 Å². The predicted octanol–water partition coefficient (Wildman–Crippen LogP) is 5.09. The minimum absolute atomic E-state index is 0.00701. The van der Waals surface area contributed by atoms with Crippen LogP contribution in [0.4, 0.5) is 13.2 Å². The molecular weight excluding hydrogens is 539 g/mol. The third-order valence-corrected chi connectivity index (χ3v) is 8.98. The zero-order chi connectivity index (χ0) is 28.4. The maximum absolute atomic E-state index is 15.5. The number of halogens is 3. The standard InChI is InChI=1S/C30H32F3N3O3S/c1-18-21(15-22-23(31)8-4-9-24(22)32)30-36(29(38)27(18)20-7-3-10-25(39-2)28(20)33)19(17-40-30)16-34-12-6-14-35-13-5-11-26(35)37/h3-4,7-10,19,34H,5-6,11-17H2,1-2H3. The van der Waals surface area contributed by atoms with Crippen LogP contribution in [0, 0.1) is 24.4 Å². The van der Waals surface area contributed by atoms with Crippen LogP contribution in [0.1, 0.15) is 42.0 Å². The summed E-state index contributed by atoms with van der Waals surface area (Å²) in [6, 6.07) is 8.11. The molecule has 0 aliphatic carbocycles. The minimum Gasteiger partial charge on any atom is -0.494 e. The maximum atomic E-state index is 15.5. The number of hydrogen-bond donors (Lipinski definition) is 1. The van der Waals surface area contributed by atoms with Crippen LogP contribution in [-0.4, -0.2) is 54.4 Å². The number of benzene rings is 2. The summed E-state index contributed by atoms with van der Waals surface area (Å²) in [5.74, 6) is -1.21. The number of thioether (sulfide) groups is 1. The summed E-state index contributed by atoms with van der Waals surface area (Å²) in [7, 11) is 1.36. The molecule has 3 heterocycles. The first kappa shape index (κ1) is 28.3. The first-order chi connectivity index (χ1) is 19.3. The van der Waals surface area contributed by atoms with E-state index in [1.807, 2.05) is 4.90 Å². The van der Waals surface area contributed by atoms with Gasteiger partial charge >= 0.3 is 0 Å². The molecule has 1 atom stereocenters. The molecule has 0 saturated carbocycles. The highest BCUT2D eigenvalue weighted by Crippen LogP contribution is 2.40. The molecule has 1 saturated heterocycles. The molecule has 6 nitrogen and oxygen atoms in total. The lowest BCUT2D eigenvalue weighted by Gasteiger charge is -2.21. The van der Waals surface area contributed by atoms with Gasteiger partial charge in [-0.05, 0) is 55.6 Å². The number of carbonyl (C=O) groups is 1. The number of rotatable bonds is 10. The molecule has 212 valence electrons. The third kappa shape index (κ3) is 5.39. The lowest BCUT2D eigenvalue weighted by Crippen LogP contribution is -2.34. The van der Waals surface area contributed by atoms with E-state index in [9.17, 15) is 18.4 Å². The molecule has 40 heavy (non-hydrogen) atoms. The van der Waals surface area contributed by atoms with Crippen LogP contribution in [0.15, 0.2) is 46.2 Å². The van der Waals surface area contributed by atoms with Crippen molar-refractivity contribution in [3.63, 3.8) is 0 Å². The Morgan fingerprint density at radius 3 is 2.52 bits per heavy atom. The van der Waals surface area contributed by atoms with E-state index in [-0.39, 0.29) is 46.4 Å². The first-order valence-electron chi connectivity index (χ1n) is 13.5. The zero-order valence-corrected chi connectivity index (χ0v) is 23.4. The molecule has 0 spiro atoms.